The summed E-state index contributed by atoms with van der Waals surface area (Å²) in [6, 6.07) is 6.39. The molecule has 1 aromatic carbocycles. The lowest BCUT2D eigenvalue weighted by Crippen LogP contribution is -2.36. The minimum Gasteiger partial charge on any atom is -0.398 e. The van der Waals surface area contributed by atoms with Crippen molar-refractivity contribution in [2.45, 2.75) is 26.7 Å². The Labute approximate surface area is 125 Å². The molecule has 3 rings (SSSR count). The summed E-state index contributed by atoms with van der Waals surface area (Å²) in [5, 5.41) is 1.06. The number of nitrogens with zero attached hydrogens (tertiary/aromatic N) is 2. The highest BCUT2D eigenvalue weighted by Gasteiger charge is 2.16. The monoisotopic (exact) mass is 285 g/mol. The molecular formula is C17H23N3O. The fourth-order valence-corrected chi connectivity index (χ4v) is 3.17. The van der Waals surface area contributed by atoms with Gasteiger partial charge in [-0.15, -0.1) is 0 Å². The van der Waals surface area contributed by atoms with Gasteiger partial charge in [0.1, 0.15) is 0 Å². The van der Waals surface area contributed by atoms with Gasteiger partial charge in [0.25, 0.3) is 0 Å². The molecule has 112 valence electrons. The van der Waals surface area contributed by atoms with Gasteiger partial charge < -0.3 is 15.4 Å². The quantitative estimate of drug-likeness (QED) is 0.921. The summed E-state index contributed by atoms with van der Waals surface area (Å²) in [6.07, 6.45) is 0. The molecule has 0 radical (unpaired) electrons. The largest absolute Gasteiger partial charge is 0.398 e. The molecule has 4 nitrogen and oxygen atoms in total. The molecule has 0 amide bonds. The summed E-state index contributed by atoms with van der Waals surface area (Å²) < 4.78 is 5.42. The Morgan fingerprint density at radius 2 is 1.95 bits per heavy atom. The maximum atomic E-state index is 6.44. The first-order chi connectivity index (χ1) is 10.1. The number of ether oxygens (including phenoxy) is 1. The standard InChI is InChI=1S/C17H23N3O/c1-11(2)16-12(3)19-15-5-4-13(10-14(15)17(16)18)20-6-8-21-9-7-20/h4-5,10-11H,6-9H2,1-3H3,(H2,18,19). The fraction of sp³-hybridized carbons (Fsp3) is 0.471. The normalized spacial score (nSPS) is 15.9. The second-order valence-corrected chi connectivity index (χ2v) is 5.98. The molecular weight excluding hydrogens is 262 g/mol. The molecule has 4 heteroatoms. The molecule has 0 atom stereocenters. The van der Waals surface area contributed by atoms with Crippen LogP contribution in [0.4, 0.5) is 11.4 Å². The molecule has 1 aromatic heterocycles. The number of aryl methyl sites for hydroxylation is 1. The van der Waals surface area contributed by atoms with Crippen LogP contribution in [-0.4, -0.2) is 31.3 Å². The summed E-state index contributed by atoms with van der Waals surface area (Å²) in [6.45, 7) is 9.81. The molecule has 0 aliphatic carbocycles. The topological polar surface area (TPSA) is 51.4 Å². The SMILES string of the molecule is Cc1nc2ccc(N3CCOCC3)cc2c(N)c1C(C)C. The first-order valence-corrected chi connectivity index (χ1v) is 7.60. The average Bonchev–Trinajstić information content (AvgIpc) is 2.47. The van der Waals surface area contributed by atoms with E-state index in [1.165, 1.54) is 11.3 Å². The van der Waals surface area contributed by atoms with Crippen molar-refractivity contribution < 1.29 is 4.74 Å². The summed E-state index contributed by atoms with van der Waals surface area (Å²) in [4.78, 5) is 7.07. The third kappa shape index (κ3) is 2.56. The van der Waals surface area contributed by atoms with Crippen molar-refractivity contribution in [2.75, 3.05) is 36.9 Å². The first kappa shape index (κ1) is 14.1. The van der Waals surface area contributed by atoms with Gasteiger partial charge >= 0.3 is 0 Å². The van der Waals surface area contributed by atoms with Gasteiger partial charge in [0.05, 0.1) is 18.7 Å². The Balaban J connectivity index is 2.11. The molecule has 0 unspecified atom stereocenters. The van der Waals surface area contributed by atoms with Gasteiger partial charge in [-0.2, -0.15) is 0 Å². The third-order valence-corrected chi connectivity index (χ3v) is 4.19. The van der Waals surface area contributed by atoms with Gasteiger partial charge in [0, 0.05) is 35.5 Å². The highest BCUT2D eigenvalue weighted by Crippen LogP contribution is 2.33. The van der Waals surface area contributed by atoms with Crippen molar-refractivity contribution in [1.29, 1.82) is 0 Å². The minimum absolute atomic E-state index is 0.383. The number of benzene rings is 1. The Bertz CT molecular complexity index is 661. The molecule has 1 aliphatic rings. The van der Waals surface area contributed by atoms with E-state index in [-0.39, 0.29) is 0 Å². The van der Waals surface area contributed by atoms with Crippen LogP contribution >= 0.6 is 0 Å². The van der Waals surface area contributed by atoms with E-state index >= 15 is 0 Å². The lowest BCUT2D eigenvalue weighted by atomic mass is 9.97. The zero-order valence-electron chi connectivity index (χ0n) is 13.0. The van der Waals surface area contributed by atoms with Crippen molar-refractivity contribution in [2.24, 2.45) is 0 Å². The smallest absolute Gasteiger partial charge is 0.0727 e. The summed E-state index contributed by atoms with van der Waals surface area (Å²) in [7, 11) is 0. The Hall–Kier alpha value is -1.81. The number of hydrogen-bond acceptors (Lipinski definition) is 4. The van der Waals surface area contributed by atoms with E-state index in [1.54, 1.807) is 0 Å². The van der Waals surface area contributed by atoms with Gasteiger partial charge in [0.15, 0.2) is 0 Å². The maximum absolute atomic E-state index is 6.44. The minimum atomic E-state index is 0.383. The van der Waals surface area contributed by atoms with Gasteiger partial charge in [-0.3, -0.25) is 4.98 Å². The highest BCUT2D eigenvalue weighted by molar-refractivity contribution is 5.94. The Morgan fingerprint density at radius 1 is 1.24 bits per heavy atom. The van der Waals surface area contributed by atoms with Crippen molar-refractivity contribution >= 4 is 22.3 Å². The van der Waals surface area contributed by atoms with Crippen LogP contribution in [0.2, 0.25) is 0 Å². The Kier molecular flexibility index (Phi) is 3.72. The lowest BCUT2D eigenvalue weighted by molar-refractivity contribution is 0.122. The number of hydrogen-bond donors (Lipinski definition) is 1. The lowest BCUT2D eigenvalue weighted by Gasteiger charge is -2.29. The van der Waals surface area contributed by atoms with Crippen LogP contribution in [0.5, 0.6) is 0 Å². The van der Waals surface area contributed by atoms with Crippen LogP contribution in [0.15, 0.2) is 18.2 Å². The highest BCUT2D eigenvalue weighted by atomic mass is 16.5. The van der Waals surface area contributed by atoms with Gasteiger partial charge in [-0.1, -0.05) is 13.8 Å². The van der Waals surface area contributed by atoms with Crippen molar-refractivity contribution in [3.63, 3.8) is 0 Å². The predicted molar refractivity (Wildman–Crippen MR) is 88.0 cm³/mol. The second-order valence-electron chi connectivity index (χ2n) is 5.98. The van der Waals surface area contributed by atoms with Gasteiger partial charge in [0.2, 0.25) is 0 Å². The van der Waals surface area contributed by atoms with E-state index in [1.807, 2.05) is 6.92 Å². The molecule has 2 N–H and O–H groups in total. The summed E-state index contributed by atoms with van der Waals surface area (Å²) in [5.41, 5.74) is 11.7. The van der Waals surface area contributed by atoms with Crippen molar-refractivity contribution in [3.8, 4) is 0 Å². The fourth-order valence-electron chi connectivity index (χ4n) is 3.17. The van der Waals surface area contributed by atoms with Crippen molar-refractivity contribution in [1.82, 2.24) is 4.98 Å². The first-order valence-electron chi connectivity index (χ1n) is 7.60. The summed E-state index contributed by atoms with van der Waals surface area (Å²) in [5.74, 6) is 0.383. The summed E-state index contributed by atoms with van der Waals surface area (Å²) >= 11 is 0. The number of pyridine rings is 1. The maximum Gasteiger partial charge on any atom is 0.0727 e. The van der Waals surface area contributed by atoms with E-state index in [4.69, 9.17) is 15.5 Å². The van der Waals surface area contributed by atoms with Gasteiger partial charge in [-0.25, -0.2) is 0 Å². The molecule has 0 saturated carbocycles. The van der Waals surface area contributed by atoms with Crippen LogP contribution in [0.1, 0.15) is 31.0 Å². The number of rotatable bonds is 2. The van der Waals surface area contributed by atoms with E-state index in [2.05, 4.69) is 36.9 Å². The molecule has 0 bridgehead atoms. The molecule has 2 heterocycles. The molecule has 0 spiro atoms. The van der Waals surface area contributed by atoms with Crippen LogP contribution in [0, 0.1) is 6.92 Å². The number of morpholine rings is 1. The van der Waals surface area contributed by atoms with Crippen LogP contribution in [0.3, 0.4) is 0 Å². The number of anilines is 2. The van der Waals surface area contributed by atoms with E-state index in [9.17, 15) is 0 Å². The van der Waals surface area contributed by atoms with E-state index in [0.717, 1.165) is 48.6 Å². The van der Waals surface area contributed by atoms with E-state index < -0.39 is 0 Å². The van der Waals surface area contributed by atoms with Crippen LogP contribution < -0.4 is 10.6 Å². The number of nitrogen functional groups attached to an aromatic ring is 1. The third-order valence-electron chi connectivity index (χ3n) is 4.19. The Morgan fingerprint density at radius 3 is 2.62 bits per heavy atom. The van der Waals surface area contributed by atoms with Crippen molar-refractivity contribution in [3.05, 3.63) is 29.5 Å². The average molecular weight is 285 g/mol. The number of nitrogens with two attached hydrogens (primary N) is 1. The second kappa shape index (κ2) is 5.53. The molecule has 1 aliphatic heterocycles. The molecule has 1 fully saturated rings. The number of fused-ring (bicyclic) bond motifs is 1. The molecule has 1 saturated heterocycles. The zero-order chi connectivity index (χ0) is 15.0. The molecule has 2 aromatic rings. The predicted octanol–water partition coefficient (Wildman–Crippen LogP) is 3.09. The van der Waals surface area contributed by atoms with Gasteiger partial charge in [-0.05, 0) is 36.6 Å². The molecule has 21 heavy (non-hydrogen) atoms. The van der Waals surface area contributed by atoms with E-state index in [0.29, 0.717) is 5.92 Å². The van der Waals surface area contributed by atoms with Crippen LogP contribution in [-0.2, 0) is 4.74 Å². The van der Waals surface area contributed by atoms with Crippen LogP contribution in [0.25, 0.3) is 10.9 Å². The zero-order valence-corrected chi connectivity index (χ0v) is 13.0. The number of aromatic nitrogens is 1.